The summed E-state index contributed by atoms with van der Waals surface area (Å²) in [6, 6.07) is 14.9. The Morgan fingerprint density at radius 1 is 1.00 bits per heavy atom. The van der Waals surface area contributed by atoms with E-state index in [0.29, 0.717) is 18.2 Å². The Balaban J connectivity index is 2.12. The van der Waals surface area contributed by atoms with E-state index in [2.05, 4.69) is 35.1 Å². The van der Waals surface area contributed by atoms with Crippen molar-refractivity contribution in [2.24, 2.45) is 0 Å². The number of hydrogen-bond donors (Lipinski definition) is 1. The third kappa shape index (κ3) is 7.69. The topological polar surface area (TPSA) is 58.6 Å². The summed E-state index contributed by atoms with van der Waals surface area (Å²) in [6.45, 7) is 10.2. The number of halogens is 1. The minimum absolute atomic E-state index is 0.0512. The third-order valence-corrected chi connectivity index (χ3v) is 5.87. The number of hydrogen-bond acceptors (Lipinski definition) is 3. The van der Waals surface area contributed by atoms with E-state index in [1.54, 1.807) is 11.8 Å². The van der Waals surface area contributed by atoms with Crippen LogP contribution in [-0.2, 0) is 16.1 Å². The lowest BCUT2D eigenvalue weighted by molar-refractivity contribution is -0.142. The molecule has 1 N–H and O–H groups in total. The molecule has 168 valence electrons. The fourth-order valence-electron chi connectivity index (χ4n) is 3.01. The second kappa shape index (κ2) is 11.9. The van der Waals surface area contributed by atoms with E-state index < -0.39 is 6.04 Å². The van der Waals surface area contributed by atoms with Crippen LogP contribution in [0.4, 0.5) is 0 Å². The number of ether oxygens (including phenoxy) is 1. The molecule has 0 fully saturated rings. The van der Waals surface area contributed by atoms with Crippen molar-refractivity contribution >= 4 is 27.7 Å². The molecule has 2 atom stereocenters. The van der Waals surface area contributed by atoms with E-state index in [1.165, 1.54) is 5.56 Å². The Kier molecular flexibility index (Phi) is 9.56. The first-order chi connectivity index (χ1) is 14.7. The molecule has 0 saturated carbocycles. The molecule has 2 amide bonds. The van der Waals surface area contributed by atoms with Crippen molar-refractivity contribution in [2.75, 3.05) is 6.61 Å². The average molecular weight is 489 g/mol. The second-order valence-electron chi connectivity index (χ2n) is 8.15. The van der Waals surface area contributed by atoms with Crippen molar-refractivity contribution in [2.45, 2.75) is 65.6 Å². The summed E-state index contributed by atoms with van der Waals surface area (Å²) in [4.78, 5) is 27.4. The SMILES string of the molecule is CC[C@@H](C)NC(=O)[C@H](C)N(Cc1ccc(Br)cc1)C(=O)COc1ccc(C(C)C)cc1. The molecular formula is C25H33BrN2O3. The van der Waals surface area contributed by atoms with Gasteiger partial charge in [0.2, 0.25) is 5.91 Å². The summed E-state index contributed by atoms with van der Waals surface area (Å²) in [7, 11) is 0. The zero-order chi connectivity index (χ0) is 23.0. The number of carbonyl (C=O) groups excluding carboxylic acids is 2. The van der Waals surface area contributed by atoms with E-state index in [9.17, 15) is 9.59 Å². The van der Waals surface area contributed by atoms with Gasteiger partial charge in [0, 0.05) is 17.1 Å². The predicted molar refractivity (Wildman–Crippen MR) is 128 cm³/mol. The predicted octanol–water partition coefficient (Wildman–Crippen LogP) is 5.28. The molecule has 0 aliphatic rings. The van der Waals surface area contributed by atoms with Crippen LogP contribution in [0.1, 0.15) is 58.1 Å². The normalized spacial score (nSPS) is 12.9. The molecule has 0 bridgehead atoms. The van der Waals surface area contributed by atoms with Gasteiger partial charge in [0.05, 0.1) is 0 Å². The Hall–Kier alpha value is -2.34. The van der Waals surface area contributed by atoms with Crippen molar-refractivity contribution in [1.82, 2.24) is 10.2 Å². The maximum atomic E-state index is 13.1. The van der Waals surface area contributed by atoms with Crippen molar-refractivity contribution in [1.29, 1.82) is 0 Å². The van der Waals surface area contributed by atoms with Crippen LogP contribution >= 0.6 is 15.9 Å². The average Bonchev–Trinajstić information content (AvgIpc) is 2.76. The monoisotopic (exact) mass is 488 g/mol. The number of nitrogens with zero attached hydrogens (tertiary/aromatic N) is 1. The number of carbonyl (C=O) groups is 2. The first-order valence-corrected chi connectivity index (χ1v) is 11.6. The minimum atomic E-state index is -0.614. The van der Waals surface area contributed by atoms with Crippen molar-refractivity contribution in [3.8, 4) is 5.75 Å². The highest BCUT2D eigenvalue weighted by atomic mass is 79.9. The lowest BCUT2D eigenvalue weighted by Crippen LogP contribution is -2.50. The van der Waals surface area contributed by atoms with E-state index in [1.807, 2.05) is 62.4 Å². The van der Waals surface area contributed by atoms with Gasteiger partial charge in [-0.3, -0.25) is 9.59 Å². The molecule has 0 aliphatic carbocycles. The molecule has 31 heavy (non-hydrogen) atoms. The van der Waals surface area contributed by atoms with Crippen LogP contribution in [-0.4, -0.2) is 35.4 Å². The van der Waals surface area contributed by atoms with Crippen LogP contribution in [0.2, 0.25) is 0 Å². The summed E-state index contributed by atoms with van der Waals surface area (Å²) in [6.07, 6.45) is 0.828. The largest absolute Gasteiger partial charge is 0.484 e. The molecule has 2 aromatic carbocycles. The van der Waals surface area contributed by atoms with E-state index >= 15 is 0 Å². The van der Waals surface area contributed by atoms with Gasteiger partial charge in [-0.25, -0.2) is 0 Å². The van der Waals surface area contributed by atoms with Crippen LogP contribution in [0.3, 0.4) is 0 Å². The maximum absolute atomic E-state index is 13.1. The molecule has 0 saturated heterocycles. The zero-order valence-electron chi connectivity index (χ0n) is 19.0. The van der Waals surface area contributed by atoms with Crippen LogP contribution in [0.25, 0.3) is 0 Å². The van der Waals surface area contributed by atoms with Gasteiger partial charge in [-0.15, -0.1) is 0 Å². The first-order valence-electron chi connectivity index (χ1n) is 10.8. The molecule has 2 aromatic rings. The molecule has 0 aromatic heterocycles. The highest BCUT2D eigenvalue weighted by molar-refractivity contribution is 9.10. The van der Waals surface area contributed by atoms with Crippen LogP contribution in [0.5, 0.6) is 5.75 Å². The lowest BCUT2D eigenvalue weighted by Gasteiger charge is -2.29. The van der Waals surface area contributed by atoms with E-state index in [-0.39, 0.29) is 24.5 Å². The standard InChI is InChI=1S/C25H33BrN2O3/c1-6-18(4)27-25(30)19(5)28(15-20-7-11-22(26)12-8-20)24(29)16-31-23-13-9-21(10-14-23)17(2)3/h7-14,17-19H,6,15-16H2,1-5H3,(H,27,30)/t18-,19+/m1/s1. The van der Waals surface area contributed by atoms with Gasteiger partial charge in [0.15, 0.2) is 6.61 Å². The third-order valence-electron chi connectivity index (χ3n) is 5.34. The molecule has 0 radical (unpaired) electrons. The van der Waals surface area contributed by atoms with Crippen LogP contribution in [0, 0.1) is 0 Å². The van der Waals surface area contributed by atoms with Crippen molar-refractivity contribution in [3.05, 3.63) is 64.1 Å². The van der Waals surface area contributed by atoms with Gasteiger partial charge in [-0.1, -0.05) is 61.0 Å². The highest BCUT2D eigenvalue weighted by Gasteiger charge is 2.27. The van der Waals surface area contributed by atoms with E-state index in [4.69, 9.17) is 4.74 Å². The van der Waals surface area contributed by atoms with Crippen molar-refractivity contribution < 1.29 is 14.3 Å². The summed E-state index contributed by atoms with van der Waals surface area (Å²) in [5, 5.41) is 2.97. The quantitative estimate of drug-likeness (QED) is 0.494. The van der Waals surface area contributed by atoms with Crippen LogP contribution in [0.15, 0.2) is 53.0 Å². The maximum Gasteiger partial charge on any atom is 0.261 e. The Labute approximate surface area is 194 Å². The Morgan fingerprint density at radius 3 is 2.16 bits per heavy atom. The molecule has 2 rings (SSSR count). The van der Waals surface area contributed by atoms with Gasteiger partial charge in [0.25, 0.3) is 5.91 Å². The molecule has 5 nitrogen and oxygen atoms in total. The zero-order valence-corrected chi connectivity index (χ0v) is 20.6. The highest BCUT2D eigenvalue weighted by Crippen LogP contribution is 2.19. The van der Waals surface area contributed by atoms with E-state index in [0.717, 1.165) is 16.5 Å². The molecule has 0 spiro atoms. The number of nitrogens with one attached hydrogen (secondary N) is 1. The minimum Gasteiger partial charge on any atom is -0.484 e. The molecule has 6 heteroatoms. The summed E-state index contributed by atoms with van der Waals surface area (Å²) >= 11 is 3.43. The summed E-state index contributed by atoms with van der Waals surface area (Å²) < 4.78 is 6.70. The second-order valence-corrected chi connectivity index (χ2v) is 9.07. The molecule has 0 heterocycles. The van der Waals surface area contributed by atoms with Gasteiger partial charge in [-0.2, -0.15) is 0 Å². The fraction of sp³-hybridized carbons (Fsp3) is 0.440. The summed E-state index contributed by atoms with van der Waals surface area (Å²) in [5.74, 6) is 0.670. The Morgan fingerprint density at radius 2 is 1.61 bits per heavy atom. The lowest BCUT2D eigenvalue weighted by atomic mass is 10.0. The number of rotatable bonds is 10. The number of amides is 2. The number of benzene rings is 2. The van der Waals surface area contributed by atoms with Crippen molar-refractivity contribution in [3.63, 3.8) is 0 Å². The van der Waals surface area contributed by atoms with Gasteiger partial charge in [0.1, 0.15) is 11.8 Å². The first kappa shape index (κ1) is 24.9. The summed E-state index contributed by atoms with van der Waals surface area (Å²) in [5.41, 5.74) is 2.16. The smallest absolute Gasteiger partial charge is 0.261 e. The molecule has 0 aliphatic heterocycles. The van der Waals surface area contributed by atoms with Gasteiger partial charge < -0.3 is 15.0 Å². The van der Waals surface area contributed by atoms with Crippen LogP contribution < -0.4 is 10.1 Å². The molecule has 0 unspecified atom stereocenters. The Bertz CT molecular complexity index is 850. The van der Waals surface area contributed by atoms with Gasteiger partial charge in [-0.05, 0) is 61.6 Å². The van der Waals surface area contributed by atoms with Gasteiger partial charge >= 0.3 is 0 Å². The molecular weight excluding hydrogens is 456 g/mol. The fourth-order valence-corrected chi connectivity index (χ4v) is 3.28.